The van der Waals surface area contributed by atoms with Crippen molar-refractivity contribution in [1.82, 2.24) is 5.32 Å². The third-order valence-electron chi connectivity index (χ3n) is 2.73. The number of hydrogen-bond donors (Lipinski definition) is 1. The van der Waals surface area contributed by atoms with Gasteiger partial charge in [-0.15, -0.1) is 0 Å². The summed E-state index contributed by atoms with van der Waals surface area (Å²) in [5, 5.41) is 3.21. The van der Waals surface area contributed by atoms with Crippen molar-refractivity contribution in [1.29, 1.82) is 0 Å². The van der Waals surface area contributed by atoms with Crippen molar-refractivity contribution in [2.45, 2.75) is 26.4 Å². The highest BCUT2D eigenvalue weighted by molar-refractivity contribution is 5.34. The maximum absolute atomic E-state index is 13.9. The van der Waals surface area contributed by atoms with Gasteiger partial charge in [-0.1, -0.05) is 26.0 Å². The molecule has 0 unspecified atom stereocenters. The summed E-state index contributed by atoms with van der Waals surface area (Å²) in [7, 11) is 0. The molecule has 2 aromatic carbocycles. The van der Waals surface area contributed by atoms with Crippen molar-refractivity contribution in [3.63, 3.8) is 0 Å². The van der Waals surface area contributed by atoms with E-state index in [0.29, 0.717) is 12.6 Å². The molecule has 0 spiro atoms. The average Bonchev–Trinajstić information content (AvgIpc) is 2.39. The van der Waals surface area contributed by atoms with Gasteiger partial charge in [-0.3, -0.25) is 0 Å². The Hall–Kier alpha value is -1.94. The summed E-state index contributed by atoms with van der Waals surface area (Å²) in [4.78, 5) is 0. The number of hydrogen-bond acceptors (Lipinski definition) is 2. The minimum Gasteiger partial charge on any atom is -0.454 e. The molecule has 0 aliphatic rings. The zero-order valence-electron chi connectivity index (χ0n) is 11.5. The molecule has 0 radical (unpaired) electrons. The van der Waals surface area contributed by atoms with E-state index >= 15 is 0 Å². The summed E-state index contributed by atoms with van der Waals surface area (Å²) in [5.74, 6) is -0.515. The minimum absolute atomic E-state index is 0.0869. The molecular formula is C16H17F2NO. The molecule has 2 aromatic rings. The first-order valence-corrected chi connectivity index (χ1v) is 6.50. The van der Waals surface area contributed by atoms with E-state index < -0.39 is 11.6 Å². The molecule has 4 heteroatoms. The first kappa shape index (κ1) is 14.5. The lowest BCUT2D eigenvalue weighted by Crippen LogP contribution is -2.21. The highest BCUT2D eigenvalue weighted by Crippen LogP contribution is 2.25. The molecule has 0 saturated heterocycles. The van der Waals surface area contributed by atoms with Crippen molar-refractivity contribution in [2.24, 2.45) is 0 Å². The quantitative estimate of drug-likeness (QED) is 0.882. The molecule has 0 fully saturated rings. The fourth-order valence-corrected chi connectivity index (χ4v) is 1.72. The molecule has 0 heterocycles. The Morgan fingerprint density at radius 1 is 1.10 bits per heavy atom. The van der Waals surface area contributed by atoms with Crippen LogP contribution in [0.4, 0.5) is 8.78 Å². The minimum atomic E-state index is -0.461. The van der Waals surface area contributed by atoms with Gasteiger partial charge < -0.3 is 10.1 Å². The Morgan fingerprint density at radius 2 is 1.90 bits per heavy atom. The highest BCUT2D eigenvalue weighted by atomic mass is 19.1. The van der Waals surface area contributed by atoms with E-state index in [2.05, 4.69) is 5.32 Å². The van der Waals surface area contributed by atoms with Crippen LogP contribution in [-0.2, 0) is 6.54 Å². The van der Waals surface area contributed by atoms with Crippen LogP contribution in [0.1, 0.15) is 19.4 Å². The standard InChI is InChI=1S/C16H17F2NO/c1-11(2)19-10-12-6-7-16(15(18)8-12)20-14-5-3-4-13(17)9-14/h3-9,11,19H,10H2,1-2H3. The Morgan fingerprint density at radius 3 is 2.55 bits per heavy atom. The second-order valence-electron chi connectivity index (χ2n) is 4.86. The lowest BCUT2D eigenvalue weighted by molar-refractivity contribution is 0.437. The smallest absolute Gasteiger partial charge is 0.166 e. The maximum Gasteiger partial charge on any atom is 0.166 e. The summed E-state index contributed by atoms with van der Waals surface area (Å²) >= 11 is 0. The predicted octanol–water partition coefficient (Wildman–Crippen LogP) is 4.26. The number of ether oxygens (including phenoxy) is 1. The number of rotatable bonds is 5. The molecule has 0 saturated carbocycles. The van der Waals surface area contributed by atoms with Crippen molar-refractivity contribution in [3.8, 4) is 11.5 Å². The first-order chi connectivity index (χ1) is 9.54. The monoisotopic (exact) mass is 277 g/mol. The van der Waals surface area contributed by atoms with Crippen LogP contribution in [0.25, 0.3) is 0 Å². The zero-order chi connectivity index (χ0) is 14.5. The molecule has 20 heavy (non-hydrogen) atoms. The van der Waals surface area contributed by atoms with E-state index in [1.54, 1.807) is 18.2 Å². The lowest BCUT2D eigenvalue weighted by Gasteiger charge is -2.10. The van der Waals surface area contributed by atoms with Crippen molar-refractivity contribution < 1.29 is 13.5 Å². The second-order valence-corrected chi connectivity index (χ2v) is 4.86. The third kappa shape index (κ3) is 4.03. The number of halogens is 2. The molecular weight excluding hydrogens is 260 g/mol. The first-order valence-electron chi connectivity index (χ1n) is 6.50. The van der Waals surface area contributed by atoms with Gasteiger partial charge in [0.15, 0.2) is 11.6 Å². The zero-order valence-corrected chi connectivity index (χ0v) is 11.5. The van der Waals surface area contributed by atoms with Gasteiger partial charge >= 0.3 is 0 Å². The lowest BCUT2D eigenvalue weighted by atomic mass is 10.2. The molecule has 2 rings (SSSR count). The van der Waals surface area contributed by atoms with E-state index in [9.17, 15) is 8.78 Å². The predicted molar refractivity (Wildman–Crippen MR) is 74.8 cm³/mol. The van der Waals surface area contributed by atoms with Gasteiger partial charge in [0.1, 0.15) is 11.6 Å². The van der Waals surface area contributed by atoms with Crippen LogP contribution < -0.4 is 10.1 Å². The molecule has 2 nitrogen and oxygen atoms in total. The topological polar surface area (TPSA) is 21.3 Å². The van der Waals surface area contributed by atoms with Gasteiger partial charge in [-0.25, -0.2) is 8.78 Å². The summed E-state index contributed by atoms with van der Waals surface area (Å²) in [6.07, 6.45) is 0. The van der Waals surface area contributed by atoms with E-state index in [4.69, 9.17) is 4.74 Å². The van der Waals surface area contributed by atoms with Gasteiger partial charge in [0.2, 0.25) is 0 Å². The fraction of sp³-hybridized carbons (Fsp3) is 0.250. The molecule has 0 bridgehead atoms. The van der Waals surface area contributed by atoms with E-state index in [0.717, 1.165) is 5.56 Å². The largest absolute Gasteiger partial charge is 0.454 e. The van der Waals surface area contributed by atoms with Gasteiger partial charge in [0, 0.05) is 18.7 Å². The second kappa shape index (κ2) is 6.48. The Balaban J connectivity index is 2.09. The van der Waals surface area contributed by atoms with Crippen molar-refractivity contribution in [2.75, 3.05) is 0 Å². The summed E-state index contributed by atoms with van der Waals surface area (Å²) in [6, 6.07) is 10.7. The van der Waals surface area contributed by atoms with Gasteiger partial charge in [0.25, 0.3) is 0 Å². The molecule has 106 valence electrons. The van der Waals surface area contributed by atoms with Gasteiger partial charge in [-0.05, 0) is 29.8 Å². The Labute approximate surface area is 117 Å². The van der Waals surface area contributed by atoms with Crippen LogP contribution in [0.2, 0.25) is 0 Å². The van der Waals surface area contributed by atoms with E-state index in [-0.39, 0.29) is 11.5 Å². The molecule has 0 atom stereocenters. The molecule has 0 aliphatic carbocycles. The van der Waals surface area contributed by atoms with Crippen molar-refractivity contribution >= 4 is 0 Å². The molecule has 0 aromatic heterocycles. The molecule has 0 aliphatic heterocycles. The summed E-state index contributed by atoms with van der Waals surface area (Å²) in [6.45, 7) is 4.64. The van der Waals surface area contributed by atoms with Crippen LogP contribution in [0.5, 0.6) is 11.5 Å². The highest BCUT2D eigenvalue weighted by Gasteiger charge is 2.07. The molecule has 1 N–H and O–H groups in total. The van der Waals surface area contributed by atoms with E-state index in [1.165, 1.54) is 24.3 Å². The number of nitrogens with one attached hydrogen (secondary N) is 1. The summed E-state index contributed by atoms with van der Waals surface area (Å²) < 4.78 is 32.3. The Bertz CT molecular complexity index is 584. The van der Waals surface area contributed by atoms with Crippen LogP contribution in [-0.4, -0.2) is 6.04 Å². The maximum atomic E-state index is 13.9. The Kier molecular flexibility index (Phi) is 4.69. The van der Waals surface area contributed by atoms with Crippen LogP contribution in [0.3, 0.4) is 0 Å². The summed E-state index contributed by atoms with van der Waals surface area (Å²) in [5.41, 5.74) is 0.836. The van der Waals surface area contributed by atoms with E-state index in [1.807, 2.05) is 13.8 Å². The molecule has 0 amide bonds. The van der Waals surface area contributed by atoms with Crippen LogP contribution in [0.15, 0.2) is 42.5 Å². The van der Waals surface area contributed by atoms with Gasteiger partial charge in [0.05, 0.1) is 0 Å². The third-order valence-corrected chi connectivity index (χ3v) is 2.73. The number of benzene rings is 2. The van der Waals surface area contributed by atoms with Crippen LogP contribution >= 0.6 is 0 Å². The van der Waals surface area contributed by atoms with Crippen LogP contribution in [0, 0.1) is 11.6 Å². The fourth-order valence-electron chi connectivity index (χ4n) is 1.72. The van der Waals surface area contributed by atoms with Crippen molar-refractivity contribution in [3.05, 3.63) is 59.7 Å². The van der Waals surface area contributed by atoms with Gasteiger partial charge in [-0.2, -0.15) is 0 Å². The SMILES string of the molecule is CC(C)NCc1ccc(Oc2cccc(F)c2)c(F)c1. The average molecular weight is 277 g/mol. The normalized spacial score (nSPS) is 10.8.